The van der Waals surface area contributed by atoms with Crippen molar-refractivity contribution in [3.05, 3.63) is 65.4 Å². The van der Waals surface area contributed by atoms with Crippen LogP contribution in [-0.2, 0) is 21.4 Å². The summed E-state index contributed by atoms with van der Waals surface area (Å²) in [4.78, 5) is 29.5. The Kier molecular flexibility index (Phi) is 9.59. The molecule has 41 heavy (non-hydrogen) atoms. The van der Waals surface area contributed by atoms with Crippen molar-refractivity contribution in [1.29, 1.82) is 0 Å². The number of nitrogens with zero attached hydrogens (tertiary/aromatic N) is 5. The van der Waals surface area contributed by atoms with Crippen LogP contribution in [0, 0.1) is 0 Å². The van der Waals surface area contributed by atoms with Gasteiger partial charge in [-0.15, -0.1) is 21.5 Å². The van der Waals surface area contributed by atoms with Gasteiger partial charge in [-0.25, -0.2) is 17.7 Å². The quantitative estimate of drug-likeness (QED) is 0.227. The number of hydrogen-bond acceptors (Lipinski definition) is 11. The van der Waals surface area contributed by atoms with Crippen LogP contribution in [-0.4, -0.2) is 78.4 Å². The van der Waals surface area contributed by atoms with Crippen molar-refractivity contribution in [1.82, 2.24) is 29.4 Å². The number of aromatic nitrogens is 4. The smallest absolute Gasteiger partial charge is 0.251 e. The predicted octanol–water partition coefficient (Wildman–Crippen LogP) is 2.65. The third-order valence-electron chi connectivity index (χ3n) is 5.64. The summed E-state index contributed by atoms with van der Waals surface area (Å²) in [5.41, 5.74) is 0.809. The summed E-state index contributed by atoms with van der Waals surface area (Å²) in [6, 6.07) is 10.8. The van der Waals surface area contributed by atoms with Gasteiger partial charge in [0.05, 0.1) is 37.1 Å². The molecule has 0 saturated heterocycles. The van der Waals surface area contributed by atoms with Gasteiger partial charge >= 0.3 is 0 Å². The van der Waals surface area contributed by atoms with E-state index in [1.165, 1.54) is 63.9 Å². The molecule has 16 heteroatoms. The molecule has 0 unspecified atom stereocenters. The van der Waals surface area contributed by atoms with Crippen molar-refractivity contribution in [2.75, 3.05) is 39.4 Å². The number of amides is 2. The second kappa shape index (κ2) is 13.1. The van der Waals surface area contributed by atoms with Crippen molar-refractivity contribution < 1.29 is 27.5 Å². The predicted molar refractivity (Wildman–Crippen MR) is 154 cm³/mol. The monoisotopic (exact) mass is 617 g/mol. The molecule has 0 aliphatic rings. The number of benzene rings is 2. The van der Waals surface area contributed by atoms with Gasteiger partial charge in [0.2, 0.25) is 15.9 Å². The fourth-order valence-corrected chi connectivity index (χ4v) is 5.75. The SMILES string of the molecule is COc1ccc(OC)c(-n2c(CNC(=O)c3ccc(S(=O)(=O)N(C)C)cc3)nnc2SCC(=O)Nc2nccs2)c1. The standard InChI is InChI=1S/C25H27N7O6S3/c1-31(2)41(35,36)18-8-5-16(6-9-18)23(34)27-14-21-29-30-25(40-15-22(33)28-24-26-11-12-39-24)32(21)19-13-17(37-3)7-10-20(19)38-4/h5-13H,14-15H2,1-4H3,(H,27,34)(H,26,28,33). The number of carbonyl (C=O) groups is 2. The van der Waals surface area contributed by atoms with E-state index in [1.807, 2.05) is 0 Å². The van der Waals surface area contributed by atoms with Crippen molar-refractivity contribution in [2.45, 2.75) is 16.6 Å². The average Bonchev–Trinajstić information content (AvgIpc) is 3.64. The molecule has 4 aromatic rings. The Morgan fingerprint density at radius 1 is 1.07 bits per heavy atom. The summed E-state index contributed by atoms with van der Waals surface area (Å²) in [5, 5.41) is 16.7. The minimum absolute atomic E-state index is 0.0264. The highest BCUT2D eigenvalue weighted by Crippen LogP contribution is 2.32. The highest BCUT2D eigenvalue weighted by Gasteiger charge is 2.21. The number of sulfonamides is 1. The second-order valence-electron chi connectivity index (χ2n) is 8.44. The van der Waals surface area contributed by atoms with Crippen molar-refractivity contribution >= 4 is 50.1 Å². The third kappa shape index (κ3) is 7.02. The molecule has 13 nitrogen and oxygen atoms in total. The van der Waals surface area contributed by atoms with Gasteiger partial charge in [0.15, 0.2) is 16.1 Å². The number of nitrogens with one attached hydrogen (secondary N) is 2. The Morgan fingerprint density at radius 2 is 1.83 bits per heavy atom. The summed E-state index contributed by atoms with van der Waals surface area (Å²) in [6.45, 7) is -0.0319. The van der Waals surface area contributed by atoms with Crippen LogP contribution in [0.2, 0.25) is 0 Å². The maximum absolute atomic E-state index is 12.9. The first kappa shape index (κ1) is 30.0. The summed E-state index contributed by atoms with van der Waals surface area (Å²) in [5.74, 6) is 0.715. The Balaban J connectivity index is 1.57. The van der Waals surface area contributed by atoms with Crippen LogP contribution in [0.3, 0.4) is 0 Å². The largest absolute Gasteiger partial charge is 0.497 e. The zero-order chi connectivity index (χ0) is 29.6. The molecular formula is C25H27N7O6S3. The van der Waals surface area contributed by atoms with Crippen LogP contribution in [0.4, 0.5) is 5.13 Å². The molecule has 0 atom stereocenters. The van der Waals surface area contributed by atoms with Crippen LogP contribution in [0.25, 0.3) is 5.69 Å². The van der Waals surface area contributed by atoms with Crippen LogP contribution in [0.15, 0.2) is 64.1 Å². The summed E-state index contributed by atoms with van der Waals surface area (Å²) >= 11 is 2.45. The first-order chi connectivity index (χ1) is 19.6. The number of thioether (sulfide) groups is 1. The highest BCUT2D eigenvalue weighted by molar-refractivity contribution is 7.99. The van der Waals surface area contributed by atoms with E-state index in [2.05, 4.69) is 25.8 Å². The van der Waals surface area contributed by atoms with Gasteiger partial charge < -0.3 is 20.1 Å². The number of hydrogen-bond donors (Lipinski definition) is 2. The van der Waals surface area contributed by atoms with Crippen LogP contribution >= 0.6 is 23.1 Å². The van der Waals surface area contributed by atoms with Crippen molar-refractivity contribution in [3.63, 3.8) is 0 Å². The number of rotatable bonds is 12. The molecule has 0 bridgehead atoms. The van der Waals surface area contributed by atoms with Gasteiger partial charge in [-0.1, -0.05) is 11.8 Å². The molecule has 2 amide bonds. The third-order valence-corrected chi connectivity index (χ3v) is 9.09. The molecule has 216 valence electrons. The van der Waals surface area contributed by atoms with Gasteiger partial charge in [-0.3, -0.25) is 14.2 Å². The topological polar surface area (TPSA) is 158 Å². The molecular weight excluding hydrogens is 591 g/mol. The minimum atomic E-state index is -3.62. The number of thiazole rings is 1. The molecule has 2 heterocycles. The van der Waals surface area contributed by atoms with Gasteiger partial charge in [-0.05, 0) is 36.4 Å². The average molecular weight is 618 g/mol. The molecule has 0 aliphatic heterocycles. The molecule has 4 rings (SSSR count). The molecule has 2 aromatic heterocycles. The summed E-state index contributed by atoms with van der Waals surface area (Å²) < 4.78 is 38.4. The van der Waals surface area contributed by atoms with Crippen LogP contribution in [0.5, 0.6) is 11.5 Å². The molecule has 0 aliphatic carbocycles. The molecule has 0 spiro atoms. The van der Waals surface area contributed by atoms with E-state index < -0.39 is 15.9 Å². The van der Waals surface area contributed by atoms with E-state index in [0.717, 1.165) is 16.1 Å². The van der Waals surface area contributed by atoms with Gasteiger partial charge in [0.25, 0.3) is 5.91 Å². The lowest BCUT2D eigenvalue weighted by molar-refractivity contribution is -0.113. The van der Waals surface area contributed by atoms with E-state index in [9.17, 15) is 18.0 Å². The summed E-state index contributed by atoms with van der Waals surface area (Å²) in [7, 11) is 2.30. The van der Waals surface area contributed by atoms with Crippen molar-refractivity contribution in [2.24, 2.45) is 0 Å². The van der Waals surface area contributed by atoms with E-state index in [0.29, 0.717) is 33.3 Å². The Bertz CT molecular complexity index is 1620. The number of methoxy groups -OCH3 is 2. The fraction of sp³-hybridized carbons (Fsp3) is 0.240. The molecule has 0 fully saturated rings. The zero-order valence-electron chi connectivity index (χ0n) is 22.5. The van der Waals surface area contributed by atoms with Crippen LogP contribution < -0.4 is 20.1 Å². The number of ether oxygens (including phenoxy) is 2. The van der Waals surface area contributed by atoms with Gasteiger partial charge in [0.1, 0.15) is 11.5 Å². The maximum atomic E-state index is 12.9. The first-order valence-electron chi connectivity index (χ1n) is 11.9. The molecule has 2 N–H and O–H groups in total. The minimum Gasteiger partial charge on any atom is -0.497 e. The van der Waals surface area contributed by atoms with E-state index >= 15 is 0 Å². The fourth-order valence-electron chi connectivity index (χ4n) is 3.54. The van der Waals surface area contributed by atoms with Crippen LogP contribution in [0.1, 0.15) is 16.2 Å². The Labute approximate surface area is 245 Å². The van der Waals surface area contributed by atoms with Gasteiger partial charge in [-0.2, -0.15) is 0 Å². The maximum Gasteiger partial charge on any atom is 0.251 e. The van der Waals surface area contributed by atoms with E-state index in [1.54, 1.807) is 34.3 Å². The highest BCUT2D eigenvalue weighted by atomic mass is 32.2. The van der Waals surface area contributed by atoms with E-state index in [-0.39, 0.29) is 28.7 Å². The number of anilines is 1. The Hall–Kier alpha value is -3.99. The van der Waals surface area contributed by atoms with Gasteiger partial charge in [0, 0.05) is 37.3 Å². The summed E-state index contributed by atoms with van der Waals surface area (Å²) in [6.07, 6.45) is 1.60. The van der Waals surface area contributed by atoms with Crippen molar-refractivity contribution in [3.8, 4) is 17.2 Å². The first-order valence-corrected chi connectivity index (χ1v) is 15.2. The lowest BCUT2D eigenvalue weighted by Crippen LogP contribution is -2.25. The zero-order valence-corrected chi connectivity index (χ0v) is 25.0. The number of carbonyl (C=O) groups excluding carboxylic acids is 2. The molecule has 0 radical (unpaired) electrons. The lowest BCUT2D eigenvalue weighted by Gasteiger charge is -2.15. The molecule has 0 saturated carbocycles. The lowest BCUT2D eigenvalue weighted by atomic mass is 10.2. The van der Waals surface area contributed by atoms with E-state index in [4.69, 9.17) is 9.47 Å². The molecule has 2 aromatic carbocycles. The normalized spacial score (nSPS) is 11.3. The Morgan fingerprint density at radius 3 is 2.46 bits per heavy atom. The second-order valence-corrected chi connectivity index (χ2v) is 12.4.